The summed E-state index contributed by atoms with van der Waals surface area (Å²) in [6.07, 6.45) is 0. The van der Waals surface area contributed by atoms with Crippen molar-refractivity contribution >= 4 is 39.0 Å². The molecule has 1 heterocycles. The maximum atomic E-state index is 12.1. The lowest BCUT2D eigenvalue weighted by Crippen LogP contribution is -2.14. The first-order chi connectivity index (χ1) is 8.90. The molecule has 0 radical (unpaired) electrons. The second-order valence-electron chi connectivity index (χ2n) is 3.72. The van der Waals surface area contributed by atoms with Crippen molar-refractivity contribution in [3.05, 3.63) is 35.5 Å². The van der Waals surface area contributed by atoms with Crippen LogP contribution in [0.15, 0.2) is 33.8 Å². The summed E-state index contributed by atoms with van der Waals surface area (Å²) in [4.78, 5) is -0.949. The number of aryl methyl sites for hydroxylation is 1. The highest BCUT2D eigenvalue weighted by molar-refractivity contribution is 7.92. The Morgan fingerprint density at radius 2 is 1.84 bits per heavy atom. The molecule has 0 aliphatic carbocycles. The van der Waals surface area contributed by atoms with E-state index in [2.05, 4.69) is 19.7 Å². The highest BCUT2D eigenvalue weighted by Crippen LogP contribution is 2.29. The SMILES string of the molecule is Cc1ccc(S(=O)(=O)Nc2nonc2C(Cl)Cl)cc1. The van der Waals surface area contributed by atoms with Gasteiger partial charge >= 0.3 is 0 Å². The van der Waals surface area contributed by atoms with E-state index in [1.54, 1.807) is 12.1 Å². The van der Waals surface area contributed by atoms with Gasteiger partial charge in [-0.15, -0.1) is 0 Å². The third-order valence-electron chi connectivity index (χ3n) is 2.28. The molecule has 9 heteroatoms. The third kappa shape index (κ3) is 3.17. The third-order valence-corrected chi connectivity index (χ3v) is 4.05. The van der Waals surface area contributed by atoms with Crippen molar-refractivity contribution in [3.8, 4) is 0 Å². The molecule has 0 aliphatic heterocycles. The molecule has 0 saturated carbocycles. The smallest absolute Gasteiger partial charge is 0.259 e. The van der Waals surface area contributed by atoms with Crippen molar-refractivity contribution < 1.29 is 13.0 Å². The van der Waals surface area contributed by atoms with E-state index in [1.165, 1.54) is 12.1 Å². The zero-order valence-electron chi connectivity index (χ0n) is 9.67. The molecule has 1 aromatic carbocycles. The lowest BCUT2D eigenvalue weighted by atomic mass is 10.2. The number of hydrogen-bond acceptors (Lipinski definition) is 5. The lowest BCUT2D eigenvalue weighted by Gasteiger charge is -2.06. The molecule has 0 saturated heterocycles. The number of halogens is 2. The Labute approximate surface area is 119 Å². The Bertz CT molecular complexity index is 668. The zero-order chi connectivity index (χ0) is 14.0. The maximum absolute atomic E-state index is 12.1. The predicted octanol–water partition coefficient (Wildman–Crippen LogP) is 2.66. The summed E-state index contributed by atoms with van der Waals surface area (Å²) < 4.78 is 30.8. The van der Waals surface area contributed by atoms with Gasteiger partial charge in [0.25, 0.3) is 10.0 Å². The first kappa shape index (κ1) is 14.1. The van der Waals surface area contributed by atoms with Crippen molar-refractivity contribution in [1.82, 2.24) is 10.3 Å². The zero-order valence-corrected chi connectivity index (χ0v) is 12.0. The number of anilines is 1. The molecular formula is C10H9Cl2N3O3S. The number of nitrogens with zero attached hydrogens (tertiary/aromatic N) is 2. The average Bonchev–Trinajstić information content (AvgIpc) is 2.77. The van der Waals surface area contributed by atoms with E-state index in [9.17, 15) is 8.42 Å². The van der Waals surface area contributed by atoms with E-state index < -0.39 is 14.9 Å². The molecule has 2 rings (SSSR count). The topological polar surface area (TPSA) is 85.1 Å². The van der Waals surface area contributed by atoms with Crippen LogP contribution in [0.4, 0.5) is 5.82 Å². The number of alkyl halides is 2. The molecule has 0 bridgehead atoms. The van der Waals surface area contributed by atoms with Gasteiger partial charge in [-0.2, -0.15) is 0 Å². The number of rotatable bonds is 4. The van der Waals surface area contributed by atoms with Crippen LogP contribution in [0.2, 0.25) is 0 Å². The Kier molecular flexibility index (Phi) is 3.98. The van der Waals surface area contributed by atoms with Gasteiger partial charge in [0.2, 0.25) is 5.82 Å². The van der Waals surface area contributed by atoms with Gasteiger partial charge in [-0.05, 0) is 29.4 Å². The second kappa shape index (κ2) is 5.36. The maximum Gasteiger partial charge on any atom is 0.263 e. The predicted molar refractivity (Wildman–Crippen MR) is 70.7 cm³/mol. The largest absolute Gasteiger partial charge is 0.263 e. The van der Waals surface area contributed by atoms with Gasteiger partial charge in [0.1, 0.15) is 0 Å². The minimum Gasteiger partial charge on any atom is -0.259 e. The molecule has 102 valence electrons. The molecule has 2 aromatic rings. The highest BCUT2D eigenvalue weighted by atomic mass is 35.5. The van der Waals surface area contributed by atoms with E-state index in [0.717, 1.165) is 5.56 Å². The van der Waals surface area contributed by atoms with E-state index in [0.29, 0.717) is 0 Å². The van der Waals surface area contributed by atoms with Gasteiger partial charge in [0.15, 0.2) is 10.5 Å². The molecule has 1 aromatic heterocycles. The minimum atomic E-state index is -3.79. The fourth-order valence-electron chi connectivity index (χ4n) is 1.31. The molecule has 0 spiro atoms. The van der Waals surface area contributed by atoms with E-state index in [4.69, 9.17) is 23.2 Å². The van der Waals surface area contributed by atoms with Crippen LogP contribution in [-0.4, -0.2) is 18.7 Å². The van der Waals surface area contributed by atoms with E-state index >= 15 is 0 Å². The van der Waals surface area contributed by atoms with Crippen LogP contribution in [0.5, 0.6) is 0 Å². The number of hydrogen-bond donors (Lipinski definition) is 1. The van der Waals surface area contributed by atoms with Crippen LogP contribution >= 0.6 is 23.2 Å². The van der Waals surface area contributed by atoms with Gasteiger partial charge in [-0.3, -0.25) is 4.72 Å². The summed E-state index contributed by atoms with van der Waals surface area (Å²) in [5, 5.41) is 6.85. The highest BCUT2D eigenvalue weighted by Gasteiger charge is 2.22. The molecule has 0 fully saturated rings. The molecular weight excluding hydrogens is 313 g/mol. The normalized spacial score (nSPS) is 11.8. The lowest BCUT2D eigenvalue weighted by molar-refractivity contribution is 0.305. The van der Waals surface area contributed by atoms with Crippen LogP contribution in [0.1, 0.15) is 16.1 Å². The Balaban J connectivity index is 2.31. The van der Waals surface area contributed by atoms with E-state index in [-0.39, 0.29) is 16.4 Å². The fraction of sp³-hybridized carbons (Fsp3) is 0.200. The summed E-state index contributed by atoms with van der Waals surface area (Å²) >= 11 is 11.2. The van der Waals surface area contributed by atoms with Gasteiger partial charge in [0, 0.05) is 0 Å². The van der Waals surface area contributed by atoms with Crippen LogP contribution in [0.25, 0.3) is 0 Å². The van der Waals surface area contributed by atoms with Crippen molar-refractivity contribution in [2.24, 2.45) is 0 Å². The molecule has 0 atom stereocenters. The van der Waals surface area contributed by atoms with Crippen molar-refractivity contribution in [2.45, 2.75) is 16.7 Å². The Morgan fingerprint density at radius 3 is 2.42 bits per heavy atom. The Morgan fingerprint density at radius 1 is 1.21 bits per heavy atom. The van der Waals surface area contributed by atoms with Crippen LogP contribution in [-0.2, 0) is 10.0 Å². The fourth-order valence-corrected chi connectivity index (χ4v) is 2.61. The van der Waals surface area contributed by atoms with Crippen molar-refractivity contribution in [2.75, 3.05) is 4.72 Å². The van der Waals surface area contributed by atoms with Gasteiger partial charge < -0.3 is 0 Å². The summed E-state index contributed by atoms with van der Waals surface area (Å²) in [6.45, 7) is 1.86. The molecule has 0 unspecified atom stereocenters. The summed E-state index contributed by atoms with van der Waals surface area (Å²) in [5.41, 5.74) is 0.961. The number of sulfonamides is 1. The average molecular weight is 322 g/mol. The van der Waals surface area contributed by atoms with Gasteiger partial charge in [-0.1, -0.05) is 40.9 Å². The van der Waals surface area contributed by atoms with Crippen LogP contribution < -0.4 is 4.72 Å². The minimum absolute atomic E-state index is 0.0130. The van der Waals surface area contributed by atoms with Crippen molar-refractivity contribution in [1.29, 1.82) is 0 Å². The van der Waals surface area contributed by atoms with Crippen LogP contribution in [0.3, 0.4) is 0 Å². The summed E-state index contributed by atoms with van der Waals surface area (Å²) in [6, 6.07) is 6.32. The van der Waals surface area contributed by atoms with E-state index in [1.807, 2.05) is 6.92 Å². The summed E-state index contributed by atoms with van der Waals surface area (Å²) in [7, 11) is -3.79. The second-order valence-corrected chi connectivity index (χ2v) is 6.50. The first-order valence-corrected chi connectivity index (χ1v) is 7.46. The Hall–Kier alpha value is -1.31. The molecule has 0 aliphatic rings. The van der Waals surface area contributed by atoms with Crippen molar-refractivity contribution in [3.63, 3.8) is 0 Å². The monoisotopic (exact) mass is 321 g/mol. The molecule has 0 amide bonds. The van der Waals surface area contributed by atoms with Gasteiger partial charge in [-0.25, -0.2) is 13.0 Å². The number of nitrogens with one attached hydrogen (secondary N) is 1. The quantitative estimate of drug-likeness (QED) is 0.875. The molecule has 1 N–H and O–H groups in total. The number of benzene rings is 1. The number of aromatic nitrogens is 2. The molecule has 19 heavy (non-hydrogen) atoms. The summed E-state index contributed by atoms with van der Waals surface area (Å²) in [5.74, 6) is -0.129. The molecule has 6 nitrogen and oxygen atoms in total. The first-order valence-electron chi connectivity index (χ1n) is 5.10. The standard InChI is InChI=1S/C10H9Cl2N3O3S/c1-6-2-4-7(5-3-6)19(16,17)15-10-8(9(11)12)13-18-14-10/h2-5,9H,1H3,(H,14,15). The van der Waals surface area contributed by atoms with Gasteiger partial charge in [0.05, 0.1) is 4.90 Å². The van der Waals surface area contributed by atoms with Crippen LogP contribution in [0, 0.1) is 6.92 Å².